The molecule has 1 saturated carbocycles. The smallest absolute Gasteiger partial charge is 0.320 e. The molecule has 0 aromatic rings. The molecule has 3 saturated heterocycles. The van der Waals surface area contributed by atoms with Gasteiger partial charge in [0.1, 0.15) is 6.04 Å². The molecule has 0 radical (unpaired) electrons. The molecule has 4 rings (SSSR count). The summed E-state index contributed by atoms with van der Waals surface area (Å²) in [4.78, 5) is 43.1. The largest absolute Gasteiger partial charge is 0.480 e. The number of carbonyl (C=O) groups excluding carboxylic acids is 2. The monoisotopic (exact) mass is 427 g/mol. The van der Waals surface area contributed by atoms with Gasteiger partial charge in [0.2, 0.25) is 11.8 Å². The number of amides is 2. The fraction of sp³-hybridized carbons (Fsp3) is 0.857. The normalized spacial score (nSPS) is 30.7. The van der Waals surface area contributed by atoms with Crippen LogP contribution >= 0.6 is 12.4 Å². The second-order valence-corrected chi connectivity index (χ2v) is 9.06. The standard InChI is InChI=1S/C21H33N3O4.ClH/c25-19(14-24-17-6-2-1-5-16(17)13-18(24)21(27)28)22-11-7-15(8-12-22)20(26)23-9-3-4-10-23;/h15-18H,1-14H2,(H,27,28);1H. The van der Waals surface area contributed by atoms with Gasteiger partial charge in [-0.25, -0.2) is 0 Å². The Bertz CT molecular complexity index is 617. The molecule has 0 aromatic carbocycles. The number of aliphatic carboxylic acids is 1. The van der Waals surface area contributed by atoms with E-state index in [1.54, 1.807) is 0 Å². The van der Waals surface area contributed by atoms with E-state index in [1.807, 2.05) is 14.7 Å². The highest BCUT2D eigenvalue weighted by molar-refractivity contribution is 5.85. The Morgan fingerprint density at radius 2 is 1.48 bits per heavy atom. The van der Waals surface area contributed by atoms with Crippen molar-refractivity contribution in [2.75, 3.05) is 32.7 Å². The number of rotatable bonds is 4. The van der Waals surface area contributed by atoms with Crippen LogP contribution in [0.15, 0.2) is 0 Å². The van der Waals surface area contributed by atoms with Crippen LogP contribution < -0.4 is 0 Å². The molecule has 29 heavy (non-hydrogen) atoms. The summed E-state index contributed by atoms with van der Waals surface area (Å²) >= 11 is 0. The van der Waals surface area contributed by atoms with Crippen molar-refractivity contribution in [1.82, 2.24) is 14.7 Å². The number of carbonyl (C=O) groups is 3. The van der Waals surface area contributed by atoms with Crippen molar-refractivity contribution in [1.29, 1.82) is 0 Å². The van der Waals surface area contributed by atoms with Gasteiger partial charge in [-0.1, -0.05) is 12.8 Å². The fourth-order valence-electron chi connectivity index (χ4n) is 5.85. The number of halogens is 1. The number of carboxylic acid groups (broad SMARTS) is 1. The summed E-state index contributed by atoms with van der Waals surface area (Å²) in [6.07, 6.45) is 8.75. The average Bonchev–Trinajstić information content (AvgIpc) is 3.36. The van der Waals surface area contributed by atoms with Crippen molar-refractivity contribution in [3.8, 4) is 0 Å². The molecule has 3 heterocycles. The molecule has 0 bridgehead atoms. The van der Waals surface area contributed by atoms with Crippen LogP contribution in [0.3, 0.4) is 0 Å². The van der Waals surface area contributed by atoms with Gasteiger partial charge < -0.3 is 14.9 Å². The lowest BCUT2D eigenvalue weighted by atomic mass is 9.85. The first kappa shape index (κ1) is 22.3. The fourth-order valence-corrected chi connectivity index (χ4v) is 5.85. The molecule has 1 aliphatic carbocycles. The number of carboxylic acids is 1. The van der Waals surface area contributed by atoms with Crippen molar-refractivity contribution in [2.24, 2.45) is 11.8 Å². The molecule has 164 valence electrons. The molecule has 0 aromatic heterocycles. The third-order valence-corrected chi connectivity index (χ3v) is 7.44. The molecule has 3 atom stereocenters. The molecule has 4 fully saturated rings. The van der Waals surface area contributed by atoms with Crippen LogP contribution in [0.2, 0.25) is 0 Å². The molecule has 2 amide bonds. The minimum Gasteiger partial charge on any atom is -0.480 e. The topological polar surface area (TPSA) is 81.2 Å². The maximum Gasteiger partial charge on any atom is 0.320 e. The van der Waals surface area contributed by atoms with Gasteiger partial charge in [-0.05, 0) is 50.9 Å². The zero-order valence-corrected chi connectivity index (χ0v) is 17.9. The van der Waals surface area contributed by atoms with E-state index >= 15 is 0 Å². The highest BCUT2D eigenvalue weighted by Crippen LogP contribution is 2.39. The van der Waals surface area contributed by atoms with Crippen LogP contribution in [0.1, 0.15) is 57.8 Å². The molecule has 4 aliphatic rings. The minimum absolute atomic E-state index is 0. The van der Waals surface area contributed by atoms with Gasteiger partial charge in [-0.2, -0.15) is 0 Å². The van der Waals surface area contributed by atoms with Gasteiger partial charge in [-0.3, -0.25) is 19.3 Å². The minimum atomic E-state index is -0.794. The number of piperidine rings is 1. The predicted octanol–water partition coefficient (Wildman–Crippen LogP) is 1.99. The SMILES string of the molecule is Cl.O=C(O)C1CC2CCCCC2N1CC(=O)N1CCC(C(=O)N2CCCC2)CC1. The van der Waals surface area contributed by atoms with Gasteiger partial charge in [0.05, 0.1) is 6.54 Å². The van der Waals surface area contributed by atoms with Crippen molar-refractivity contribution in [2.45, 2.75) is 69.9 Å². The first-order valence-corrected chi connectivity index (χ1v) is 11.1. The third kappa shape index (κ3) is 4.71. The Hall–Kier alpha value is -1.34. The molecular formula is C21H34ClN3O4. The number of hydrogen-bond acceptors (Lipinski definition) is 4. The number of fused-ring (bicyclic) bond motifs is 1. The van der Waals surface area contributed by atoms with Crippen LogP contribution in [0.25, 0.3) is 0 Å². The highest BCUT2D eigenvalue weighted by atomic mass is 35.5. The van der Waals surface area contributed by atoms with Crippen molar-refractivity contribution >= 4 is 30.2 Å². The zero-order valence-electron chi connectivity index (χ0n) is 17.1. The van der Waals surface area contributed by atoms with Gasteiger partial charge in [-0.15, -0.1) is 12.4 Å². The second-order valence-electron chi connectivity index (χ2n) is 9.06. The van der Waals surface area contributed by atoms with Crippen LogP contribution in [0.5, 0.6) is 0 Å². The lowest BCUT2D eigenvalue weighted by Gasteiger charge is -2.36. The summed E-state index contributed by atoms with van der Waals surface area (Å²) in [6, 6.07) is -0.278. The summed E-state index contributed by atoms with van der Waals surface area (Å²) < 4.78 is 0. The summed E-state index contributed by atoms with van der Waals surface area (Å²) in [7, 11) is 0. The van der Waals surface area contributed by atoms with E-state index < -0.39 is 12.0 Å². The summed E-state index contributed by atoms with van der Waals surface area (Å²) in [5.41, 5.74) is 0. The predicted molar refractivity (Wildman–Crippen MR) is 111 cm³/mol. The summed E-state index contributed by atoms with van der Waals surface area (Å²) in [6.45, 7) is 3.20. The van der Waals surface area contributed by atoms with E-state index in [0.717, 1.165) is 58.0 Å². The molecule has 3 aliphatic heterocycles. The lowest BCUT2D eigenvalue weighted by Crippen LogP contribution is -2.50. The zero-order chi connectivity index (χ0) is 19.7. The highest BCUT2D eigenvalue weighted by Gasteiger charge is 2.46. The van der Waals surface area contributed by atoms with Crippen LogP contribution in [0.4, 0.5) is 0 Å². The first-order valence-electron chi connectivity index (χ1n) is 11.1. The second kappa shape index (κ2) is 9.65. The summed E-state index contributed by atoms with van der Waals surface area (Å²) in [5, 5.41) is 9.64. The Kier molecular flexibility index (Phi) is 7.43. The summed E-state index contributed by atoms with van der Waals surface area (Å²) in [5.74, 6) is -0.0308. The van der Waals surface area contributed by atoms with Crippen LogP contribution in [0, 0.1) is 11.8 Å². The van der Waals surface area contributed by atoms with E-state index in [4.69, 9.17) is 0 Å². The molecule has 1 N–H and O–H groups in total. The maximum absolute atomic E-state index is 12.9. The molecule has 7 nitrogen and oxygen atoms in total. The van der Waals surface area contributed by atoms with E-state index in [1.165, 1.54) is 6.42 Å². The van der Waals surface area contributed by atoms with E-state index in [2.05, 4.69) is 0 Å². The van der Waals surface area contributed by atoms with Gasteiger partial charge >= 0.3 is 5.97 Å². The van der Waals surface area contributed by atoms with Crippen molar-refractivity contribution < 1.29 is 19.5 Å². The van der Waals surface area contributed by atoms with Crippen molar-refractivity contribution in [3.63, 3.8) is 0 Å². The number of hydrogen-bond donors (Lipinski definition) is 1. The Labute approximate surface area is 179 Å². The van der Waals surface area contributed by atoms with Gasteiger partial charge in [0.25, 0.3) is 0 Å². The van der Waals surface area contributed by atoms with E-state index in [0.29, 0.717) is 25.4 Å². The first-order chi connectivity index (χ1) is 13.5. The van der Waals surface area contributed by atoms with Crippen LogP contribution in [-0.2, 0) is 14.4 Å². The number of likely N-dealkylation sites (tertiary alicyclic amines) is 3. The third-order valence-electron chi connectivity index (χ3n) is 7.44. The lowest BCUT2D eigenvalue weighted by molar-refractivity contribution is -0.145. The van der Waals surface area contributed by atoms with Gasteiger partial charge in [0, 0.05) is 38.1 Å². The average molecular weight is 428 g/mol. The molecule has 0 spiro atoms. The van der Waals surface area contributed by atoms with Crippen molar-refractivity contribution in [3.05, 3.63) is 0 Å². The maximum atomic E-state index is 12.9. The Morgan fingerprint density at radius 1 is 0.828 bits per heavy atom. The molecule has 8 heteroatoms. The molecular weight excluding hydrogens is 394 g/mol. The number of nitrogens with zero attached hydrogens (tertiary/aromatic N) is 3. The quantitative estimate of drug-likeness (QED) is 0.742. The van der Waals surface area contributed by atoms with Crippen LogP contribution in [-0.4, -0.2) is 82.4 Å². The molecule has 3 unspecified atom stereocenters. The van der Waals surface area contributed by atoms with E-state index in [-0.39, 0.29) is 42.7 Å². The van der Waals surface area contributed by atoms with Gasteiger partial charge in [0.15, 0.2) is 0 Å². The van der Waals surface area contributed by atoms with E-state index in [9.17, 15) is 19.5 Å². The Balaban J connectivity index is 0.00000240. The Morgan fingerprint density at radius 3 is 2.14 bits per heavy atom.